The molecule has 0 aliphatic rings. The Hall–Kier alpha value is -3.68. The Morgan fingerprint density at radius 1 is 0.964 bits per heavy atom. The molecule has 4 aromatic rings. The second-order valence-electron chi connectivity index (χ2n) is 5.88. The van der Waals surface area contributed by atoms with Crippen LogP contribution >= 0.6 is 0 Å². The lowest BCUT2D eigenvalue weighted by atomic mass is 10.1. The van der Waals surface area contributed by atoms with Gasteiger partial charge in [-0.2, -0.15) is 9.61 Å². The van der Waals surface area contributed by atoms with Crippen LogP contribution < -0.4 is 14.2 Å². The van der Waals surface area contributed by atoms with Crippen LogP contribution in [-0.2, 0) is 0 Å². The molecule has 0 aliphatic heterocycles. The molecule has 0 amide bonds. The molecule has 2 aromatic heterocycles. The predicted octanol–water partition coefficient (Wildman–Crippen LogP) is 3.27. The van der Waals surface area contributed by atoms with E-state index in [1.165, 1.54) is 0 Å². The minimum atomic E-state index is 0.397. The van der Waals surface area contributed by atoms with Crippen molar-refractivity contribution in [2.75, 3.05) is 20.8 Å². The summed E-state index contributed by atoms with van der Waals surface area (Å²) in [6.45, 7) is 2.41. The normalized spacial score (nSPS) is 10.8. The molecule has 0 atom stereocenters. The van der Waals surface area contributed by atoms with Gasteiger partial charge in [0, 0.05) is 5.56 Å². The molecule has 0 unspecified atom stereocenters. The first kappa shape index (κ1) is 17.7. The maximum absolute atomic E-state index is 5.78. The van der Waals surface area contributed by atoms with E-state index in [1.807, 2.05) is 49.4 Å². The summed E-state index contributed by atoms with van der Waals surface area (Å²) < 4.78 is 18.0. The fourth-order valence-corrected chi connectivity index (χ4v) is 2.91. The van der Waals surface area contributed by atoms with E-state index in [2.05, 4.69) is 20.3 Å². The summed E-state index contributed by atoms with van der Waals surface area (Å²) in [4.78, 5) is 4.58. The van der Waals surface area contributed by atoms with Gasteiger partial charge in [0.25, 0.3) is 5.78 Å². The molecule has 142 valence electrons. The smallest absolute Gasteiger partial charge is 0.272 e. The quantitative estimate of drug-likeness (QED) is 0.510. The maximum Gasteiger partial charge on any atom is 0.272 e. The Bertz CT molecular complexity index is 1110. The third kappa shape index (κ3) is 3.09. The zero-order valence-electron chi connectivity index (χ0n) is 15.8. The van der Waals surface area contributed by atoms with Crippen molar-refractivity contribution in [3.8, 4) is 39.9 Å². The molecule has 8 nitrogen and oxygen atoms in total. The number of para-hydroxylation sites is 1. The fraction of sp³-hybridized carbons (Fsp3) is 0.200. The Labute approximate surface area is 161 Å². The maximum atomic E-state index is 5.78. The summed E-state index contributed by atoms with van der Waals surface area (Å²) in [7, 11) is 3.23. The molecule has 4 rings (SSSR count). The standard InChI is InChI=1S/C20H19N5O3/c1-4-28-18-15(6-5-7-17(18)27-3)19-23-24-20-22-16(12-21-25(19)20)13-8-10-14(26-2)11-9-13/h5-12H,4H2,1-3H3. The van der Waals surface area contributed by atoms with Gasteiger partial charge in [-0.05, 0) is 43.3 Å². The number of rotatable bonds is 6. The van der Waals surface area contributed by atoms with Gasteiger partial charge in [-0.25, -0.2) is 4.98 Å². The second-order valence-corrected chi connectivity index (χ2v) is 5.88. The lowest BCUT2D eigenvalue weighted by Crippen LogP contribution is -2.02. The number of benzene rings is 2. The molecule has 2 aromatic carbocycles. The highest BCUT2D eigenvalue weighted by Crippen LogP contribution is 2.37. The Morgan fingerprint density at radius 3 is 2.50 bits per heavy atom. The SMILES string of the molecule is CCOc1c(OC)cccc1-c1nnc2nc(-c3ccc(OC)cc3)cnn12. The van der Waals surface area contributed by atoms with E-state index in [1.54, 1.807) is 24.9 Å². The van der Waals surface area contributed by atoms with Crippen LogP contribution in [0, 0.1) is 0 Å². The third-order valence-electron chi connectivity index (χ3n) is 4.25. The lowest BCUT2D eigenvalue weighted by Gasteiger charge is -2.12. The molecular weight excluding hydrogens is 358 g/mol. The van der Waals surface area contributed by atoms with Crippen LogP contribution in [-0.4, -0.2) is 45.6 Å². The molecule has 8 heteroatoms. The minimum absolute atomic E-state index is 0.397. The Balaban J connectivity index is 1.79. The van der Waals surface area contributed by atoms with Gasteiger partial charge in [0.05, 0.1) is 38.3 Å². The van der Waals surface area contributed by atoms with Crippen molar-refractivity contribution in [1.29, 1.82) is 0 Å². The molecule has 2 heterocycles. The summed E-state index contributed by atoms with van der Waals surface area (Å²) in [6, 6.07) is 13.2. The molecule has 0 saturated heterocycles. The fourth-order valence-electron chi connectivity index (χ4n) is 2.91. The first-order valence-electron chi connectivity index (χ1n) is 8.78. The van der Waals surface area contributed by atoms with E-state index in [0.717, 1.165) is 16.9 Å². The number of ether oxygens (including phenoxy) is 3. The topological polar surface area (TPSA) is 83.7 Å². The van der Waals surface area contributed by atoms with Crippen LogP contribution in [0.1, 0.15) is 6.92 Å². The lowest BCUT2D eigenvalue weighted by molar-refractivity contribution is 0.312. The highest BCUT2D eigenvalue weighted by molar-refractivity contribution is 5.70. The second kappa shape index (κ2) is 7.51. The van der Waals surface area contributed by atoms with Crippen molar-refractivity contribution in [3.05, 3.63) is 48.7 Å². The zero-order chi connectivity index (χ0) is 19.5. The van der Waals surface area contributed by atoms with Crippen molar-refractivity contribution in [2.24, 2.45) is 0 Å². The van der Waals surface area contributed by atoms with E-state index in [4.69, 9.17) is 14.2 Å². The average molecular weight is 377 g/mol. The van der Waals surface area contributed by atoms with E-state index >= 15 is 0 Å². The van der Waals surface area contributed by atoms with E-state index in [9.17, 15) is 0 Å². The molecule has 0 N–H and O–H groups in total. The minimum Gasteiger partial charge on any atom is -0.497 e. The number of aromatic nitrogens is 5. The number of hydrogen-bond donors (Lipinski definition) is 0. The molecule has 0 saturated carbocycles. The zero-order valence-corrected chi connectivity index (χ0v) is 15.8. The predicted molar refractivity (Wildman–Crippen MR) is 104 cm³/mol. The molecule has 0 radical (unpaired) electrons. The number of nitrogens with zero attached hydrogens (tertiary/aromatic N) is 5. The van der Waals surface area contributed by atoms with Gasteiger partial charge in [-0.1, -0.05) is 6.07 Å². The van der Waals surface area contributed by atoms with Crippen molar-refractivity contribution in [2.45, 2.75) is 6.92 Å². The van der Waals surface area contributed by atoms with Gasteiger partial charge in [0.15, 0.2) is 17.3 Å². The largest absolute Gasteiger partial charge is 0.497 e. The molecular formula is C20H19N5O3. The molecule has 0 bridgehead atoms. The number of fused-ring (bicyclic) bond motifs is 1. The average Bonchev–Trinajstić information content (AvgIpc) is 3.17. The van der Waals surface area contributed by atoms with Crippen molar-refractivity contribution in [3.63, 3.8) is 0 Å². The van der Waals surface area contributed by atoms with E-state index < -0.39 is 0 Å². The molecule has 28 heavy (non-hydrogen) atoms. The van der Waals surface area contributed by atoms with Crippen molar-refractivity contribution in [1.82, 2.24) is 24.8 Å². The van der Waals surface area contributed by atoms with Gasteiger partial charge in [-0.3, -0.25) is 0 Å². The van der Waals surface area contributed by atoms with Crippen LogP contribution in [0.2, 0.25) is 0 Å². The third-order valence-corrected chi connectivity index (χ3v) is 4.25. The van der Waals surface area contributed by atoms with E-state index in [0.29, 0.717) is 35.4 Å². The summed E-state index contributed by atoms with van der Waals surface area (Å²) in [5.74, 6) is 2.94. The van der Waals surface area contributed by atoms with Crippen LogP contribution in [0.4, 0.5) is 0 Å². The summed E-state index contributed by atoms with van der Waals surface area (Å²) in [5.41, 5.74) is 2.35. The highest BCUT2D eigenvalue weighted by atomic mass is 16.5. The van der Waals surface area contributed by atoms with Gasteiger partial charge >= 0.3 is 0 Å². The Morgan fingerprint density at radius 2 is 1.79 bits per heavy atom. The van der Waals surface area contributed by atoms with Gasteiger partial charge in [0.2, 0.25) is 0 Å². The summed E-state index contributed by atoms with van der Waals surface area (Å²) in [6.07, 6.45) is 1.68. The first-order chi connectivity index (χ1) is 13.7. The van der Waals surface area contributed by atoms with Gasteiger partial charge in [0.1, 0.15) is 5.75 Å². The van der Waals surface area contributed by atoms with Crippen molar-refractivity contribution >= 4 is 5.78 Å². The van der Waals surface area contributed by atoms with Crippen LogP contribution in [0.5, 0.6) is 17.2 Å². The first-order valence-corrected chi connectivity index (χ1v) is 8.78. The monoisotopic (exact) mass is 377 g/mol. The number of hydrogen-bond acceptors (Lipinski definition) is 7. The Kier molecular flexibility index (Phi) is 4.76. The highest BCUT2D eigenvalue weighted by Gasteiger charge is 2.18. The van der Waals surface area contributed by atoms with E-state index in [-0.39, 0.29) is 0 Å². The van der Waals surface area contributed by atoms with Crippen LogP contribution in [0.15, 0.2) is 48.7 Å². The summed E-state index contributed by atoms with van der Waals surface area (Å²) in [5, 5.41) is 13.0. The summed E-state index contributed by atoms with van der Waals surface area (Å²) >= 11 is 0. The van der Waals surface area contributed by atoms with Crippen LogP contribution in [0.25, 0.3) is 28.4 Å². The molecule has 0 aliphatic carbocycles. The molecule has 0 spiro atoms. The molecule has 0 fully saturated rings. The van der Waals surface area contributed by atoms with Gasteiger partial charge in [-0.15, -0.1) is 10.2 Å². The van der Waals surface area contributed by atoms with Crippen LogP contribution in [0.3, 0.4) is 0 Å². The number of methoxy groups -OCH3 is 2. The van der Waals surface area contributed by atoms with Gasteiger partial charge < -0.3 is 14.2 Å². The van der Waals surface area contributed by atoms with Crippen molar-refractivity contribution < 1.29 is 14.2 Å².